The number of aromatic nitrogens is 1. The largest absolute Gasteiger partial charge is 0.309 e. The zero-order valence-electron chi connectivity index (χ0n) is 29.3. The molecule has 0 spiro atoms. The summed E-state index contributed by atoms with van der Waals surface area (Å²) in [7, 11) is 0. The summed E-state index contributed by atoms with van der Waals surface area (Å²) in [4.78, 5) is 2.70. The second-order valence-electron chi connectivity index (χ2n) is 14.0. The van der Waals surface area contributed by atoms with E-state index in [0.717, 1.165) is 12.8 Å². The number of benzene rings is 8. The number of aryl methyl sites for hydroxylation is 1. The minimum absolute atomic E-state index is 0.324. The van der Waals surface area contributed by atoms with Gasteiger partial charge in [-0.25, -0.2) is 0 Å². The fourth-order valence-corrected chi connectivity index (χ4v) is 9.43. The lowest BCUT2D eigenvalue weighted by molar-refractivity contribution is 0.695. The topological polar surface area (TPSA) is 4.93 Å². The Balaban J connectivity index is 1.13. The standard InChI is InChI=1S/C51H37NS/c1-4-14-35(15-5-1)40-30-41(36-16-6-2-7-17-36)32-42(31-40)37-24-27-43(28-25-37)52-48-22-12-11-21-45(48)46-33-47-44(38-18-8-3-9-19-38)29-26-39-20-10-13-23-50(39)53-51(47)34-49(46)52/h1-25,27-28,30-34,44H,26,29H2. The van der Waals surface area contributed by atoms with Gasteiger partial charge in [-0.3, -0.25) is 0 Å². The molecule has 0 radical (unpaired) electrons. The monoisotopic (exact) mass is 695 g/mol. The summed E-state index contributed by atoms with van der Waals surface area (Å²) < 4.78 is 2.47. The van der Waals surface area contributed by atoms with E-state index in [4.69, 9.17) is 0 Å². The van der Waals surface area contributed by atoms with Crippen molar-refractivity contribution in [2.24, 2.45) is 0 Å². The third-order valence-electron chi connectivity index (χ3n) is 10.9. The molecule has 1 aromatic heterocycles. The lowest BCUT2D eigenvalue weighted by Crippen LogP contribution is -2.08. The van der Waals surface area contributed by atoms with Gasteiger partial charge < -0.3 is 4.57 Å². The van der Waals surface area contributed by atoms with Gasteiger partial charge in [0, 0.05) is 32.2 Å². The first kappa shape index (κ1) is 31.6. The van der Waals surface area contributed by atoms with Gasteiger partial charge in [0.25, 0.3) is 0 Å². The highest BCUT2D eigenvalue weighted by Gasteiger charge is 2.25. The number of para-hydroxylation sites is 1. The number of fused-ring (bicyclic) bond motifs is 5. The molecular weight excluding hydrogens is 659 g/mol. The van der Waals surface area contributed by atoms with E-state index in [2.05, 4.69) is 199 Å². The summed E-state index contributed by atoms with van der Waals surface area (Å²) in [6.07, 6.45) is 2.15. The molecule has 0 saturated heterocycles. The van der Waals surface area contributed by atoms with E-state index in [-0.39, 0.29) is 0 Å². The second kappa shape index (κ2) is 13.5. The van der Waals surface area contributed by atoms with Gasteiger partial charge in [-0.15, -0.1) is 0 Å². The van der Waals surface area contributed by atoms with Crippen LogP contribution >= 0.6 is 11.8 Å². The van der Waals surface area contributed by atoms with Gasteiger partial charge >= 0.3 is 0 Å². The SMILES string of the molecule is c1ccc(-c2cc(-c3ccccc3)cc(-c3ccc(-n4c5ccccc5c5cc6c(cc54)Sc4ccccc4CCC6c4ccccc4)cc3)c2)cc1. The van der Waals surface area contributed by atoms with Crippen molar-refractivity contribution >= 4 is 33.6 Å². The Morgan fingerprint density at radius 3 is 1.66 bits per heavy atom. The Kier molecular flexibility index (Phi) is 8.04. The lowest BCUT2D eigenvalue weighted by atomic mass is 9.85. The third-order valence-corrected chi connectivity index (χ3v) is 12.1. The van der Waals surface area contributed by atoms with Crippen LogP contribution in [0.2, 0.25) is 0 Å². The molecule has 2 heteroatoms. The van der Waals surface area contributed by atoms with Crippen LogP contribution in [0.5, 0.6) is 0 Å². The predicted octanol–water partition coefficient (Wildman–Crippen LogP) is 14.0. The van der Waals surface area contributed by atoms with E-state index in [0.29, 0.717) is 5.92 Å². The van der Waals surface area contributed by atoms with Crippen LogP contribution < -0.4 is 0 Å². The van der Waals surface area contributed by atoms with Crippen molar-refractivity contribution in [3.63, 3.8) is 0 Å². The molecule has 1 aliphatic heterocycles. The zero-order valence-corrected chi connectivity index (χ0v) is 30.1. The highest BCUT2D eigenvalue weighted by molar-refractivity contribution is 7.99. The summed E-state index contributed by atoms with van der Waals surface area (Å²) >= 11 is 1.93. The smallest absolute Gasteiger partial charge is 0.0552 e. The Morgan fingerprint density at radius 2 is 0.981 bits per heavy atom. The molecule has 2 heterocycles. The summed E-state index contributed by atoms with van der Waals surface area (Å²) in [5, 5.41) is 2.60. The van der Waals surface area contributed by atoms with E-state index in [9.17, 15) is 0 Å². The summed E-state index contributed by atoms with van der Waals surface area (Å²) in [5.41, 5.74) is 15.2. The number of nitrogens with zero attached hydrogens (tertiary/aromatic N) is 1. The maximum absolute atomic E-state index is 2.51. The molecular formula is C51H37NS. The fourth-order valence-electron chi connectivity index (χ4n) is 8.26. The molecule has 0 amide bonds. The second-order valence-corrected chi connectivity index (χ2v) is 15.1. The number of hydrogen-bond acceptors (Lipinski definition) is 1. The van der Waals surface area contributed by atoms with Gasteiger partial charge in [0.1, 0.15) is 0 Å². The lowest BCUT2D eigenvalue weighted by Gasteiger charge is -2.25. The molecule has 0 saturated carbocycles. The normalized spacial score (nSPS) is 14.0. The van der Waals surface area contributed by atoms with E-state index >= 15 is 0 Å². The van der Waals surface area contributed by atoms with Gasteiger partial charge in [-0.2, -0.15) is 0 Å². The molecule has 10 rings (SSSR count). The maximum atomic E-state index is 2.51. The van der Waals surface area contributed by atoms with Crippen molar-refractivity contribution in [2.75, 3.05) is 0 Å². The first-order valence-electron chi connectivity index (χ1n) is 18.5. The van der Waals surface area contributed by atoms with Crippen LogP contribution in [-0.4, -0.2) is 4.57 Å². The van der Waals surface area contributed by atoms with E-state index in [1.54, 1.807) is 0 Å². The van der Waals surface area contributed by atoms with Crippen LogP contribution in [0, 0.1) is 0 Å². The van der Waals surface area contributed by atoms with Gasteiger partial charge in [-0.1, -0.05) is 151 Å². The molecule has 53 heavy (non-hydrogen) atoms. The van der Waals surface area contributed by atoms with Crippen molar-refractivity contribution in [1.29, 1.82) is 0 Å². The van der Waals surface area contributed by atoms with Crippen molar-refractivity contribution in [3.8, 4) is 39.1 Å². The van der Waals surface area contributed by atoms with Gasteiger partial charge in [0.15, 0.2) is 0 Å². The van der Waals surface area contributed by atoms with Crippen molar-refractivity contribution < 1.29 is 0 Å². The van der Waals surface area contributed by atoms with Crippen molar-refractivity contribution in [3.05, 3.63) is 211 Å². The molecule has 0 aliphatic carbocycles. The third kappa shape index (κ3) is 5.86. The van der Waals surface area contributed by atoms with Gasteiger partial charge in [0.2, 0.25) is 0 Å². The minimum atomic E-state index is 0.324. The highest BCUT2D eigenvalue weighted by Crippen LogP contribution is 2.46. The molecule has 0 N–H and O–H groups in total. The first-order chi connectivity index (χ1) is 26.3. The molecule has 1 aliphatic rings. The molecule has 1 nitrogen and oxygen atoms in total. The molecule has 9 aromatic rings. The van der Waals surface area contributed by atoms with Gasteiger partial charge in [0.05, 0.1) is 11.0 Å². The highest BCUT2D eigenvalue weighted by atomic mass is 32.2. The van der Waals surface area contributed by atoms with Crippen LogP contribution in [0.3, 0.4) is 0 Å². The average molecular weight is 696 g/mol. The molecule has 252 valence electrons. The average Bonchev–Trinajstić information content (AvgIpc) is 3.54. The van der Waals surface area contributed by atoms with Gasteiger partial charge in [-0.05, 0) is 118 Å². The number of hydrogen-bond donors (Lipinski definition) is 0. The summed E-state index contributed by atoms with van der Waals surface area (Å²) in [5.74, 6) is 0.324. The van der Waals surface area contributed by atoms with Crippen molar-refractivity contribution in [2.45, 2.75) is 28.6 Å². The molecule has 8 aromatic carbocycles. The fraction of sp³-hybridized carbons (Fsp3) is 0.0588. The Morgan fingerprint density at radius 1 is 0.415 bits per heavy atom. The molecule has 1 unspecified atom stereocenters. The quantitative estimate of drug-likeness (QED) is 0.173. The van der Waals surface area contributed by atoms with Crippen LogP contribution in [0.25, 0.3) is 60.9 Å². The Labute approximate surface area is 315 Å². The Bertz CT molecular complexity index is 2670. The first-order valence-corrected chi connectivity index (χ1v) is 19.3. The zero-order chi connectivity index (χ0) is 35.1. The molecule has 0 bridgehead atoms. The minimum Gasteiger partial charge on any atom is -0.309 e. The van der Waals surface area contributed by atoms with Crippen LogP contribution in [0.4, 0.5) is 0 Å². The summed E-state index contributed by atoms with van der Waals surface area (Å²) in [6.45, 7) is 0. The van der Waals surface area contributed by atoms with Crippen LogP contribution in [-0.2, 0) is 6.42 Å². The van der Waals surface area contributed by atoms with Crippen LogP contribution in [0.1, 0.15) is 29.0 Å². The number of rotatable bonds is 5. The maximum Gasteiger partial charge on any atom is 0.0552 e. The summed E-state index contributed by atoms with van der Waals surface area (Å²) in [6, 6.07) is 71.5. The molecule has 0 fully saturated rings. The van der Waals surface area contributed by atoms with E-state index in [1.807, 2.05) is 11.8 Å². The molecule has 1 atom stereocenters. The van der Waals surface area contributed by atoms with E-state index in [1.165, 1.54) is 87.4 Å². The predicted molar refractivity (Wildman–Crippen MR) is 224 cm³/mol. The van der Waals surface area contributed by atoms with Crippen LogP contribution in [0.15, 0.2) is 204 Å². The Hall–Kier alpha value is -6.09. The van der Waals surface area contributed by atoms with E-state index < -0.39 is 0 Å². The van der Waals surface area contributed by atoms with Crippen molar-refractivity contribution in [1.82, 2.24) is 4.57 Å².